The molecule has 0 aliphatic heterocycles. The van der Waals surface area contributed by atoms with Crippen molar-refractivity contribution < 1.29 is 0 Å². The molecule has 1 fully saturated rings. The number of hydrogen-bond acceptors (Lipinski definition) is 3. The van der Waals surface area contributed by atoms with Gasteiger partial charge in [-0.05, 0) is 42.4 Å². The first-order valence-corrected chi connectivity index (χ1v) is 14.1. The Kier molecular flexibility index (Phi) is 8.14. The predicted molar refractivity (Wildman–Crippen MR) is 143 cm³/mol. The van der Waals surface area contributed by atoms with E-state index in [4.69, 9.17) is 0 Å². The Bertz CT molecular complexity index is 867. The van der Waals surface area contributed by atoms with Gasteiger partial charge in [-0.1, -0.05) is 97.9 Å². The van der Waals surface area contributed by atoms with E-state index in [9.17, 15) is 0 Å². The maximum absolute atomic E-state index is 2.51. The van der Waals surface area contributed by atoms with Crippen molar-refractivity contribution in [2.24, 2.45) is 0 Å². The Morgan fingerprint density at radius 2 is 1.00 bits per heavy atom. The summed E-state index contributed by atoms with van der Waals surface area (Å²) in [5.74, 6) is 3.31. The molecule has 0 N–H and O–H groups in total. The van der Waals surface area contributed by atoms with Crippen LogP contribution in [0.4, 0.5) is 0 Å². The lowest BCUT2D eigenvalue weighted by Crippen LogP contribution is -2.38. The summed E-state index contributed by atoms with van der Waals surface area (Å²) in [6, 6.07) is 33.0. The molecule has 0 spiro atoms. The summed E-state index contributed by atoms with van der Waals surface area (Å²) in [4.78, 5) is 0. The van der Waals surface area contributed by atoms with Gasteiger partial charge in [-0.2, -0.15) is 11.8 Å². The lowest BCUT2D eigenvalue weighted by molar-refractivity contribution is 0.411. The van der Waals surface area contributed by atoms with E-state index < -0.39 is 0 Å². The molecular weight excluding hydrogens is 433 g/mol. The highest BCUT2D eigenvalue weighted by molar-refractivity contribution is 8.17. The van der Waals surface area contributed by atoms with Gasteiger partial charge in [0.15, 0.2) is 0 Å². The van der Waals surface area contributed by atoms with Gasteiger partial charge in [-0.25, -0.2) is 0 Å². The van der Waals surface area contributed by atoms with Crippen LogP contribution in [0, 0.1) is 0 Å². The Hall–Kier alpha value is -1.29. The van der Waals surface area contributed by atoms with E-state index >= 15 is 0 Å². The minimum atomic E-state index is 0.280. The zero-order chi connectivity index (χ0) is 21.4. The summed E-state index contributed by atoms with van der Waals surface area (Å²) in [5.41, 5.74) is 4.33. The summed E-state index contributed by atoms with van der Waals surface area (Å²) in [7, 11) is 0. The van der Waals surface area contributed by atoms with Crippen LogP contribution in [0.1, 0.15) is 49.3 Å². The van der Waals surface area contributed by atoms with Crippen LogP contribution >= 0.6 is 35.3 Å². The monoisotopic (exact) mass is 464 g/mol. The molecule has 1 saturated carbocycles. The molecule has 1 atom stereocenters. The first-order chi connectivity index (χ1) is 15.1. The zero-order valence-electron chi connectivity index (χ0n) is 18.3. The fourth-order valence-electron chi connectivity index (χ4n) is 4.30. The number of rotatable bonds is 9. The summed E-state index contributed by atoms with van der Waals surface area (Å²) in [6.45, 7) is 2.51. The minimum Gasteiger partial charge on any atom is -0.151 e. The Balaban J connectivity index is 1.47. The molecule has 0 nitrogen and oxygen atoms in total. The van der Waals surface area contributed by atoms with Gasteiger partial charge in [-0.15, -0.1) is 23.5 Å². The average molecular weight is 465 g/mol. The van der Waals surface area contributed by atoms with Crippen molar-refractivity contribution in [3.63, 3.8) is 0 Å². The molecule has 3 aromatic carbocycles. The molecule has 31 heavy (non-hydrogen) atoms. The Morgan fingerprint density at radius 1 is 0.581 bits per heavy atom. The van der Waals surface area contributed by atoms with Crippen molar-refractivity contribution in [3.05, 3.63) is 108 Å². The van der Waals surface area contributed by atoms with Gasteiger partial charge in [-0.3, -0.25) is 0 Å². The lowest BCUT2D eigenvalue weighted by atomic mass is 9.89. The van der Waals surface area contributed by atoms with Crippen molar-refractivity contribution in [1.29, 1.82) is 0 Å². The molecule has 162 valence electrons. The Labute approximate surface area is 201 Å². The second-order valence-electron chi connectivity index (χ2n) is 8.71. The Morgan fingerprint density at radius 3 is 1.45 bits per heavy atom. The van der Waals surface area contributed by atoms with Crippen molar-refractivity contribution >= 4 is 35.3 Å². The second-order valence-corrected chi connectivity index (χ2v) is 13.3. The van der Waals surface area contributed by atoms with Crippen molar-refractivity contribution in [2.75, 3.05) is 0 Å². The summed E-state index contributed by atoms with van der Waals surface area (Å²) in [5, 5.41) is 0. The van der Waals surface area contributed by atoms with Gasteiger partial charge in [0.25, 0.3) is 0 Å². The largest absolute Gasteiger partial charge is 0.151 e. The number of hydrogen-bond donors (Lipinski definition) is 0. The SMILES string of the molecule is CC1(SCc2ccccc2)CCCC(SCc2ccccc2)(SCc2ccccc2)C1. The molecule has 1 aliphatic rings. The molecule has 0 saturated heterocycles. The van der Waals surface area contributed by atoms with Crippen LogP contribution in [0.25, 0.3) is 0 Å². The highest BCUT2D eigenvalue weighted by Crippen LogP contribution is 2.56. The molecule has 3 aromatic rings. The number of thioether (sulfide) groups is 3. The molecule has 0 aromatic heterocycles. The van der Waals surface area contributed by atoms with E-state index in [1.807, 2.05) is 0 Å². The summed E-state index contributed by atoms with van der Waals surface area (Å²) >= 11 is 6.55. The normalized spacial score (nSPS) is 20.4. The molecule has 0 radical (unpaired) electrons. The second kappa shape index (κ2) is 11.0. The van der Waals surface area contributed by atoms with Crippen molar-refractivity contribution in [3.8, 4) is 0 Å². The number of benzene rings is 3. The molecule has 1 aliphatic carbocycles. The molecule has 1 unspecified atom stereocenters. The smallest absolute Gasteiger partial charge is 0.0630 e. The standard InChI is InChI=1S/C28H32S3/c1-27(29-20-24-12-5-2-6-13-24)18-11-19-28(23-27,30-21-25-14-7-3-8-15-25)31-22-26-16-9-4-10-17-26/h2-10,12-17H,11,18-23H2,1H3. The van der Waals surface area contributed by atoms with Crippen LogP contribution < -0.4 is 0 Å². The van der Waals surface area contributed by atoms with Crippen LogP contribution in [0.5, 0.6) is 0 Å². The quantitative estimate of drug-likeness (QED) is 0.290. The van der Waals surface area contributed by atoms with E-state index in [0.717, 1.165) is 17.3 Å². The van der Waals surface area contributed by atoms with Gasteiger partial charge in [0, 0.05) is 22.0 Å². The van der Waals surface area contributed by atoms with Crippen LogP contribution in [0.3, 0.4) is 0 Å². The van der Waals surface area contributed by atoms with Gasteiger partial charge in [0.2, 0.25) is 0 Å². The van der Waals surface area contributed by atoms with Gasteiger partial charge < -0.3 is 0 Å². The maximum atomic E-state index is 2.51. The van der Waals surface area contributed by atoms with Crippen molar-refractivity contribution in [2.45, 2.75) is 58.7 Å². The maximum Gasteiger partial charge on any atom is 0.0630 e. The summed E-state index contributed by atoms with van der Waals surface area (Å²) < 4.78 is 0.615. The van der Waals surface area contributed by atoms with Crippen LogP contribution in [-0.4, -0.2) is 8.83 Å². The molecule has 0 bridgehead atoms. The topological polar surface area (TPSA) is 0 Å². The molecule has 0 amide bonds. The van der Waals surface area contributed by atoms with E-state index in [1.165, 1.54) is 42.4 Å². The highest BCUT2D eigenvalue weighted by Gasteiger charge is 2.43. The summed E-state index contributed by atoms with van der Waals surface area (Å²) in [6.07, 6.45) is 5.22. The first kappa shape index (κ1) is 22.9. The van der Waals surface area contributed by atoms with E-state index in [-0.39, 0.29) is 4.08 Å². The third-order valence-electron chi connectivity index (χ3n) is 6.03. The molecular formula is C28H32S3. The third kappa shape index (κ3) is 6.84. The van der Waals surface area contributed by atoms with Gasteiger partial charge in [0.05, 0.1) is 4.08 Å². The van der Waals surface area contributed by atoms with Crippen molar-refractivity contribution in [1.82, 2.24) is 0 Å². The van der Waals surface area contributed by atoms with Crippen LogP contribution in [-0.2, 0) is 17.3 Å². The predicted octanol–water partition coefficient (Wildman–Crippen LogP) is 8.82. The van der Waals surface area contributed by atoms with Crippen LogP contribution in [0.15, 0.2) is 91.0 Å². The first-order valence-electron chi connectivity index (χ1n) is 11.2. The minimum absolute atomic E-state index is 0.280. The molecule has 0 heterocycles. The van der Waals surface area contributed by atoms with Gasteiger partial charge >= 0.3 is 0 Å². The van der Waals surface area contributed by atoms with Gasteiger partial charge in [0.1, 0.15) is 0 Å². The third-order valence-corrected chi connectivity index (χ3v) is 11.0. The van der Waals surface area contributed by atoms with E-state index in [1.54, 1.807) is 0 Å². The fraction of sp³-hybridized carbons (Fsp3) is 0.357. The van der Waals surface area contributed by atoms with Crippen LogP contribution in [0.2, 0.25) is 0 Å². The lowest BCUT2D eigenvalue weighted by Gasteiger charge is -2.45. The molecule has 3 heteroatoms. The zero-order valence-corrected chi connectivity index (χ0v) is 20.8. The van der Waals surface area contributed by atoms with E-state index in [2.05, 4.69) is 133 Å². The molecule has 4 rings (SSSR count). The highest BCUT2D eigenvalue weighted by atomic mass is 32.2. The van der Waals surface area contributed by atoms with E-state index in [0.29, 0.717) is 4.75 Å². The average Bonchev–Trinajstić information content (AvgIpc) is 2.83. The fourth-order valence-corrected chi connectivity index (χ4v) is 9.18.